The lowest BCUT2D eigenvalue weighted by atomic mass is 9.94. The van der Waals surface area contributed by atoms with Crippen molar-refractivity contribution in [2.45, 2.75) is 37.3 Å². The first-order valence-electron chi connectivity index (χ1n) is 10.5. The molecular formula is C22H26FN5O3S. The monoisotopic (exact) mass is 459 g/mol. The number of piperidine rings is 1. The van der Waals surface area contributed by atoms with Gasteiger partial charge in [0.2, 0.25) is 11.6 Å². The lowest BCUT2D eigenvalue weighted by Crippen LogP contribution is -2.42. The number of aromatic nitrogens is 4. The summed E-state index contributed by atoms with van der Waals surface area (Å²) < 4.78 is 32.5. The van der Waals surface area contributed by atoms with Crippen LogP contribution in [-0.4, -0.2) is 66.1 Å². The molecular weight excluding hydrogens is 433 g/mol. The fourth-order valence-electron chi connectivity index (χ4n) is 3.85. The Kier molecular flexibility index (Phi) is 7.04. The molecule has 0 aliphatic carbocycles. The molecule has 0 spiro atoms. The zero-order valence-corrected chi connectivity index (χ0v) is 18.8. The molecule has 0 amide bonds. The average Bonchev–Trinajstić information content (AvgIpc) is 3.25. The van der Waals surface area contributed by atoms with Crippen LogP contribution >= 0.6 is 0 Å². The van der Waals surface area contributed by atoms with Crippen LogP contribution in [0, 0.1) is 5.82 Å². The van der Waals surface area contributed by atoms with Crippen LogP contribution in [0.4, 0.5) is 4.39 Å². The van der Waals surface area contributed by atoms with Crippen LogP contribution in [0.2, 0.25) is 0 Å². The number of benzene rings is 1. The molecule has 1 aliphatic rings. The number of hydrogen-bond donors (Lipinski definition) is 1. The lowest BCUT2D eigenvalue weighted by molar-refractivity contribution is -0.195. The number of ether oxygens (including phenoxy) is 1. The fourth-order valence-corrected chi connectivity index (χ4v) is 4.28. The number of aliphatic hydroxyl groups excluding tert-OH is 1. The second-order valence-electron chi connectivity index (χ2n) is 7.61. The van der Waals surface area contributed by atoms with Crippen molar-refractivity contribution in [3.8, 4) is 17.2 Å². The smallest absolute Gasteiger partial charge is 0.220 e. The molecule has 2 unspecified atom stereocenters. The highest BCUT2D eigenvalue weighted by Crippen LogP contribution is 2.32. The van der Waals surface area contributed by atoms with Crippen molar-refractivity contribution in [3.63, 3.8) is 0 Å². The third-order valence-corrected chi connectivity index (χ3v) is 6.24. The van der Waals surface area contributed by atoms with E-state index < -0.39 is 17.2 Å². The van der Waals surface area contributed by atoms with Crippen LogP contribution in [-0.2, 0) is 15.5 Å². The van der Waals surface area contributed by atoms with Gasteiger partial charge in [0.1, 0.15) is 17.5 Å². The maximum atomic E-state index is 13.5. The Hall–Kier alpha value is -2.53. The van der Waals surface area contributed by atoms with Crippen LogP contribution in [0.5, 0.6) is 0 Å². The molecule has 0 saturated carbocycles. The Morgan fingerprint density at radius 3 is 2.59 bits per heavy atom. The molecule has 170 valence electrons. The topological polar surface area (TPSA) is 93.4 Å². The number of imidazole rings is 1. The predicted octanol–water partition coefficient (Wildman–Crippen LogP) is 2.70. The third kappa shape index (κ3) is 4.93. The third-order valence-electron chi connectivity index (χ3n) is 5.53. The number of rotatable bonds is 7. The second-order valence-corrected chi connectivity index (χ2v) is 8.88. The van der Waals surface area contributed by atoms with Crippen molar-refractivity contribution in [2.75, 3.05) is 26.0 Å². The summed E-state index contributed by atoms with van der Waals surface area (Å²) in [7, 11) is -1.32. The molecule has 1 N–H and O–H groups in total. The number of likely N-dealkylation sites (tertiary alicyclic amines) is 1. The molecule has 2 aromatic heterocycles. The fraction of sp³-hybridized carbons (Fsp3) is 0.409. The first-order chi connectivity index (χ1) is 15.5. The minimum atomic E-state index is -1.32. The van der Waals surface area contributed by atoms with Gasteiger partial charge in [0.05, 0.1) is 16.5 Å². The zero-order valence-electron chi connectivity index (χ0n) is 18.0. The highest BCUT2D eigenvalue weighted by Gasteiger charge is 2.27. The van der Waals surface area contributed by atoms with Crippen molar-refractivity contribution >= 4 is 10.8 Å². The van der Waals surface area contributed by atoms with E-state index in [0.29, 0.717) is 31.3 Å². The summed E-state index contributed by atoms with van der Waals surface area (Å²) in [5, 5.41) is 10.3. The van der Waals surface area contributed by atoms with E-state index in [4.69, 9.17) is 9.72 Å². The Morgan fingerprint density at radius 1 is 1.22 bits per heavy atom. The Bertz CT molecular complexity index is 1080. The highest BCUT2D eigenvalue weighted by molar-refractivity contribution is 7.84. The van der Waals surface area contributed by atoms with E-state index in [1.807, 2.05) is 22.6 Å². The number of aliphatic hydroxyl groups is 1. The van der Waals surface area contributed by atoms with E-state index in [1.54, 1.807) is 24.4 Å². The number of nitrogens with zero attached hydrogens (tertiary/aromatic N) is 5. The van der Waals surface area contributed by atoms with Gasteiger partial charge in [0.25, 0.3) is 0 Å². The molecule has 0 radical (unpaired) electrons. The Balaban J connectivity index is 1.67. The van der Waals surface area contributed by atoms with E-state index in [2.05, 4.69) is 9.97 Å². The molecule has 0 bridgehead atoms. The Morgan fingerprint density at radius 2 is 1.94 bits per heavy atom. The first-order valence-corrected chi connectivity index (χ1v) is 12.1. The van der Waals surface area contributed by atoms with Gasteiger partial charge < -0.3 is 9.84 Å². The van der Waals surface area contributed by atoms with Crippen molar-refractivity contribution in [3.05, 3.63) is 54.2 Å². The van der Waals surface area contributed by atoms with Crippen molar-refractivity contribution in [1.29, 1.82) is 0 Å². The van der Waals surface area contributed by atoms with Crippen LogP contribution in [0.15, 0.2) is 47.9 Å². The summed E-state index contributed by atoms with van der Waals surface area (Å²) in [5.74, 6) is 1.05. The van der Waals surface area contributed by atoms with Gasteiger partial charge in [-0.25, -0.2) is 19.3 Å². The van der Waals surface area contributed by atoms with Gasteiger partial charge in [-0.3, -0.25) is 13.7 Å². The molecule has 32 heavy (non-hydrogen) atoms. The maximum absolute atomic E-state index is 13.5. The van der Waals surface area contributed by atoms with Crippen molar-refractivity contribution in [1.82, 2.24) is 24.4 Å². The van der Waals surface area contributed by atoms with Gasteiger partial charge >= 0.3 is 0 Å². The quantitative estimate of drug-likeness (QED) is 0.429. The maximum Gasteiger partial charge on any atom is 0.220 e. The summed E-state index contributed by atoms with van der Waals surface area (Å²) in [4.78, 5) is 15.3. The first kappa shape index (κ1) is 22.7. The zero-order chi connectivity index (χ0) is 22.7. The summed E-state index contributed by atoms with van der Waals surface area (Å²) in [6.07, 6.45) is 5.78. The van der Waals surface area contributed by atoms with Crippen LogP contribution in [0.25, 0.3) is 17.2 Å². The van der Waals surface area contributed by atoms with E-state index >= 15 is 0 Å². The van der Waals surface area contributed by atoms with Gasteiger partial charge in [-0.05, 0) is 50.1 Å². The largest absolute Gasteiger partial charge is 0.356 e. The summed E-state index contributed by atoms with van der Waals surface area (Å²) >= 11 is 0. The summed E-state index contributed by atoms with van der Waals surface area (Å²) in [6, 6.07) is 7.89. The lowest BCUT2D eigenvalue weighted by Gasteiger charge is -2.33. The minimum Gasteiger partial charge on any atom is -0.356 e. The average molecular weight is 460 g/mol. The van der Waals surface area contributed by atoms with Gasteiger partial charge in [-0.1, -0.05) is 0 Å². The molecule has 4 rings (SSSR count). The molecule has 3 heterocycles. The van der Waals surface area contributed by atoms with Gasteiger partial charge in [0.15, 0.2) is 0 Å². The van der Waals surface area contributed by atoms with Crippen LogP contribution < -0.4 is 0 Å². The molecule has 10 heteroatoms. The SMILES string of the molecule is CCOC(O)N1CCC(c2cn(-c3ccnc(S(C)=O)n3)c(-c3ccc(F)cc3)n2)CC1. The molecule has 8 nitrogen and oxygen atoms in total. The second kappa shape index (κ2) is 9.95. The van der Waals surface area contributed by atoms with Crippen LogP contribution in [0.1, 0.15) is 31.4 Å². The van der Waals surface area contributed by atoms with E-state index in [0.717, 1.165) is 24.1 Å². The Labute approximate surface area is 188 Å². The van der Waals surface area contributed by atoms with Crippen molar-refractivity contribution in [2.24, 2.45) is 0 Å². The number of halogens is 1. The van der Waals surface area contributed by atoms with Gasteiger partial charge in [0, 0.05) is 49.8 Å². The molecule has 1 fully saturated rings. The number of hydrogen-bond acceptors (Lipinski definition) is 7. The normalized spacial score (nSPS) is 17.4. The molecule has 1 aliphatic heterocycles. The molecule has 3 aromatic rings. The molecule has 2 atom stereocenters. The van der Waals surface area contributed by atoms with E-state index in [-0.39, 0.29) is 16.9 Å². The molecule has 1 aromatic carbocycles. The minimum absolute atomic E-state index is 0.196. The highest BCUT2D eigenvalue weighted by atomic mass is 32.2. The predicted molar refractivity (Wildman–Crippen MR) is 118 cm³/mol. The van der Waals surface area contributed by atoms with E-state index in [9.17, 15) is 13.7 Å². The van der Waals surface area contributed by atoms with Crippen LogP contribution in [0.3, 0.4) is 0 Å². The summed E-state index contributed by atoms with van der Waals surface area (Å²) in [5.41, 5.74) is 1.65. The van der Waals surface area contributed by atoms with Crippen molar-refractivity contribution < 1.29 is 18.4 Å². The van der Waals surface area contributed by atoms with E-state index in [1.165, 1.54) is 18.4 Å². The molecule has 1 saturated heterocycles. The standard InChI is InChI=1S/C22H26FN5O3S/c1-3-31-22(29)27-12-9-15(10-13-27)18-14-28(19-8-11-24-21(26-19)32(2)30)20(25-18)16-4-6-17(23)7-5-16/h4-8,11,14-15,22,29H,3,9-10,12-13H2,1-2H3. The van der Waals surface area contributed by atoms with Gasteiger partial charge in [-0.2, -0.15) is 0 Å². The summed E-state index contributed by atoms with van der Waals surface area (Å²) in [6.45, 7) is 3.69. The van der Waals surface area contributed by atoms with Gasteiger partial charge in [-0.15, -0.1) is 0 Å².